The molecular formula is C9H14N2. The maximum Gasteiger partial charge on any atom is 0.0916 e. The lowest BCUT2D eigenvalue weighted by molar-refractivity contribution is 0.498. The smallest absolute Gasteiger partial charge is 0.0916 e. The van der Waals surface area contributed by atoms with Crippen molar-refractivity contribution in [2.45, 2.75) is 13.8 Å². The molecule has 0 saturated carbocycles. The van der Waals surface area contributed by atoms with Gasteiger partial charge in [-0.1, -0.05) is 19.9 Å². The summed E-state index contributed by atoms with van der Waals surface area (Å²) in [5.74, 6) is 0. The first-order valence-electron chi connectivity index (χ1n) is 4.02. The molecule has 0 spiro atoms. The molecule has 1 N–H and O–H groups in total. The number of hydrogen-bond donors (Lipinski definition) is 1. The highest BCUT2D eigenvalue weighted by molar-refractivity contribution is 5.29. The zero-order chi connectivity index (χ0) is 8.10. The molecule has 2 rings (SSSR count). The summed E-state index contributed by atoms with van der Waals surface area (Å²) in [4.78, 5) is 2.15. The van der Waals surface area contributed by atoms with Crippen molar-refractivity contribution < 1.29 is 0 Å². The fraction of sp³-hybridized carbons (Fsp3) is 0.333. The summed E-state index contributed by atoms with van der Waals surface area (Å²) in [5, 5.41) is 3.13. The van der Waals surface area contributed by atoms with Crippen molar-refractivity contribution in [3.05, 3.63) is 36.3 Å². The van der Waals surface area contributed by atoms with Crippen LogP contribution in [0.3, 0.4) is 0 Å². The van der Waals surface area contributed by atoms with E-state index in [-0.39, 0.29) is 0 Å². The van der Waals surface area contributed by atoms with E-state index in [0.717, 1.165) is 6.67 Å². The topological polar surface area (TPSA) is 15.3 Å². The number of hydrogen-bond acceptors (Lipinski definition) is 2. The predicted octanol–water partition coefficient (Wildman–Crippen LogP) is 1.80. The highest BCUT2D eigenvalue weighted by atomic mass is 15.3. The van der Waals surface area contributed by atoms with Crippen LogP contribution in [-0.4, -0.2) is 11.6 Å². The zero-order valence-corrected chi connectivity index (χ0v) is 7.04. The van der Waals surface area contributed by atoms with E-state index in [4.69, 9.17) is 0 Å². The van der Waals surface area contributed by atoms with Crippen LogP contribution in [0.5, 0.6) is 0 Å². The van der Waals surface area contributed by atoms with Crippen molar-refractivity contribution in [3.8, 4) is 0 Å². The number of nitrogens with one attached hydrogen (secondary N) is 1. The Morgan fingerprint density at radius 1 is 1.36 bits per heavy atom. The minimum Gasteiger partial charge on any atom is -0.372 e. The van der Waals surface area contributed by atoms with Gasteiger partial charge in [-0.15, -0.1) is 0 Å². The van der Waals surface area contributed by atoms with Crippen LogP contribution in [0.2, 0.25) is 0 Å². The minimum absolute atomic E-state index is 0.913. The van der Waals surface area contributed by atoms with Crippen molar-refractivity contribution in [2.75, 3.05) is 6.67 Å². The van der Waals surface area contributed by atoms with Gasteiger partial charge in [0.15, 0.2) is 0 Å². The predicted molar refractivity (Wildman–Crippen MR) is 47.6 cm³/mol. The zero-order valence-electron chi connectivity index (χ0n) is 7.04. The molecule has 0 unspecified atom stereocenters. The SMILES string of the molecule is C1=CC2=CNCN2C=C1.CC. The van der Waals surface area contributed by atoms with Crippen molar-refractivity contribution in [2.24, 2.45) is 0 Å². The van der Waals surface area contributed by atoms with Gasteiger partial charge in [-0.25, -0.2) is 0 Å². The average molecular weight is 150 g/mol. The summed E-state index contributed by atoms with van der Waals surface area (Å²) in [6.45, 7) is 4.91. The van der Waals surface area contributed by atoms with E-state index in [1.165, 1.54) is 5.70 Å². The van der Waals surface area contributed by atoms with E-state index < -0.39 is 0 Å². The number of nitrogens with zero attached hydrogens (tertiary/aromatic N) is 1. The summed E-state index contributed by atoms with van der Waals surface area (Å²) < 4.78 is 0. The molecule has 0 aromatic carbocycles. The van der Waals surface area contributed by atoms with Gasteiger partial charge in [0.1, 0.15) is 0 Å². The third kappa shape index (κ3) is 1.64. The highest BCUT2D eigenvalue weighted by Crippen LogP contribution is 2.13. The Morgan fingerprint density at radius 3 is 2.91 bits per heavy atom. The monoisotopic (exact) mass is 150 g/mol. The molecular weight excluding hydrogens is 136 g/mol. The van der Waals surface area contributed by atoms with Crippen molar-refractivity contribution >= 4 is 0 Å². The van der Waals surface area contributed by atoms with E-state index in [9.17, 15) is 0 Å². The lowest BCUT2D eigenvalue weighted by Crippen LogP contribution is -2.17. The highest BCUT2D eigenvalue weighted by Gasteiger charge is 2.09. The number of fused-ring (bicyclic) bond motifs is 1. The molecule has 0 saturated heterocycles. The quantitative estimate of drug-likeness (QED) is 0.566. The van der Waals surface area contributed by atoms with E-state index in [1.807, 2.05) is 32.2 Å². The second-order valence-electron chi connectivity index (χ2n) is 2.10. The molecule has 2 aliphatic rings. The van der Waals surface area contributed by atoms with Gasteiger partial charge in [0.05, 0.1) is 12.4 Å². The molecule has 0 aromatic heterocycles. The maximum absolute atomic E-state index is 3.13. The summed E-state index contributed by atoms with van der Waals surface area (Å²) in [6, 6.07) is 0. The fourth-order valence-corrected chi connectivity index (χ4v) is 1.01. The summed E-state index contributed by atoms with van der Waals surface area (Å²) in [5.41, 5.74) is 1.25. The molecule has 2 nitrogen and oxygen atoms in total. The summed E-state index contributed by atoms with van der Waals surface area (Å²) >= 11 is 0. The second-order valence-corrected chi connectivity index (χ2v) is 2.10. The molecule has 11 heavy (non-hydrogen) atoms. The van der Waals surface area contributed by atoms with Crippen molar-refractivity contribution in [3.63, 3.8) is 0 Å². The molecule has 0 amide bonds. The van der Waals surface area contributed by atoms with Gasteiger partial charge in [0.25, 0.3) is 0 Å². The van der Waals surface area contributed by atoms with Crippen LogP contribution in [0.15, 0.2) is 36.3 Å². The Hall–Kier alpha value is -1.18. The third-order valence-corrected chi connectivity index (χ3v) is 1.49. The lowest BCUT2D eigenvalue weighted by Gasteiger charge is -2.15. The van der Waals surface area contributed by atoms with Crippen molar-refractivity contribution in [1.82, 2.24) is 10.2 Å². The van der Waals surface area contributed by atoms with Crippen LogP contribution >= 0.6 is 0 Å². The van der Waals surface area contributed by atoms with E-state index in [1.54, 1.807) is 0 Å². The van der Waals surface area contributed by atoms with Crippen LogP contribution in [0.25, 0.3) is 0 Å². The van der Waals surface area contributed by atoms with Gasteiger partial charge in [-0.2, -0.15) is 0 Å². The van der Waals surface area contributed by atoms with Crippen LogP contribution in [-0.2, 0) is 0 Å². The number of rotatable bonds is 0. The van der Waals surface area contributed by atoms with Gasteiger partial charge in [-0.3, -0.25) is 0 Å². The lowest BCUT2D eigenvalue weighted by atomic mass is 10.3. The average Bonchev–Trinajstić information content (AvgIpc) is 2.55. The van der Waals surface area contributed by atoms with Crippen LogP contribution < -0.4 is 5.32 Å². The maximum atomic E-state index is 3.13. The second kappa shape index (κ2) is 3.86. The normalized spacial score (nSPS) is 18.0. The molecule has 0 fully saturated rings. The van der Waals surface area contributed by atoms with Gasteiger partial charge < -0.3 is 10.2 Å². The molecule has 2 heterocycles. The Kier molecular flexibility index (Phi) is 2.78. The van der Waals surface area contributed by atoms with E-state index in [2.05, 4.69) is 22.5 Å². The van der Waals surface area contributed by atoms with Gasteiger partial charge in [0.2, 0.25) is 0 Å². The fourth-order valence-electron chi connectivity index (χ4n) is 1.01. The molecule has 0 bridgehead atoms. The first kappa shape index (κ1) is 7.92. The molecule has 2 aliphatic heterocycles. The standard InChI is InChI=1S/C7H8N2.C2H6/c1-2-4-9-6-8-5-7(9)3-1;1-2/h1-5,8H,6H2;1-2H3. The molecule has 0 aromatic rings. The molecule has 60 valence electrons. The van der Waals surface area contributed by atoms with Gasteiger partial charge in [-0.05, 0) is 12.2 Å². The van der Waals surface area contributed by atoms with Crippen LogP contribution in [0.1, 0.15) is 13.8 Å². The molecule has 0 aliphatic carbocycles. The van der Waals surface area contributed by atoms with Gasteiger partial charge >= 0.3 is 0 Å². The van der Waals surface area contributed by atoms with E-state index >= 15 is 0 Å². The first-order valence-corrected chi connectivity index (χ1v) is 4.02. The van der Waals surface area contributed by atoms with Gasteiger partial charge in [0, 0.05) is 12.4 Å². The Bertz CT molecular complexity index is 199. The van der Waals surface area contributed by atoms with E-state index in [0.29, 0.717) is 0 Å². The summed E-state index contributed by atoms with van der Waals surface area (Å²) in [6.07, 6.45) is 10.2. The van der Waals surface area contributed by atoms with Crippen LogP contribution in [0.4, 0.5) is 0 Å². The van der Waals surface area contributed by atoms with Crippen LogP contribution in [0, 0.1) is 0 Å². The largest absolute Gasteiger partial charge is 0.372 e. The minimum atomic E-state index is 0.913. The number of allylic oxidation sites excluding steroid dienone is 3. The summed E-state index contributed by atoms with van der Waals surface area (Å²) in [7, 11) is 0. The Balaban J connectivity index is 0.000000281. The molecule has 0 atom stereocenters. The molecule has 0 radical (unpaired) electrons. The first-order chi connectivity index (χ1) is 5.47. The third-order valence-electron chi connectivity index (χ3n) is 1.49. The Morgan fingerprint density at radius 2 is 2.18 bits per heavy atom. The Labute approximate surface area is 67.9 Å². The van der Waals surface area contributed by atoms with Crippen molar-refractivity contribution in [1.29, 1.82) is 0 Å². The molecule has 2 heteroatoms.